The molecule has 0 bridgehead atoms. The third kappa shape index (κ3) is 2.32. The summed E-state index contributed by atoms with van der Waals surface area (Å²) in [5, 5.41) is 0. The van der Waals surface area contributed by atoms with Gasteiger partial charge in [-0.2, -0.15) is 0 Å². The summed E-state index contributed by atoms with van der Waals surface area (Å²) in [6, 6.07) is 17.0. The lowest BCUT2D eigenvalue weighted by Crippen LogP contribution is -1.97. The van der Waals surface area contributed by atoms with Crippen LogP contribution in [0.15, 0.2) is 75.4 Å². The van der Waals surface area contributed by atoms with Crippen LogP contribution in [-0.4, -0.2) is 0 Å². The van der Waals surface area contributed by atoms with Gasteiger partial charge in [0, 0.05) is 26.5 Å². The van der Waals surface area contributed by atoms with E-state index in [1.807, 2.05) is 25.6 Å². The van der Waals surface area contributed by atoms with Crippen LogP contribution >= 0.6 is 11.8 Å². The molecule has 0 fully saturated rings. The Balaban J connectivity index is 2.35. The number of allylic oxidation sites excluding steroid dienone is 1. The van der Waals surface area contributed by atoms with Crippen LogP contribution in [0.5, 0.6) is 0 Å². The van der Waals surface area contributed by atoms with Gasteiger partial charge in [-0.25, -0.2) is 0 Å². The van der Waals surface area contributed by atoms with Gasteiger partial charge in [-0.05, 0) is 31.6 Å². The minimum Gasteiger partial charge on any atom is -0.0887 e. The summed E-state index contributed by atoms with van der Waals surface area (Å²) in [6.45, 7) is 4.09. The van der Waals surface area contributed by atoms with E-state index in [0.717, 1.165) is 11.1 Å². The highest BCUT2D eigenvalue weighted by Gasteiger charge is 2.19. The van der Waals surface area contributed by atoms with Gasteiger partial charge in [0.25, 0.3) is 0 Å². The number of hydrogen-bond donors (Lipinski definition) is 0. The Kier molecular flexibility index (Phi) is 3.19. The Morgan fingerprint density at radius 3 is 1.89 bits per heavy atom. The van der Waals surface area contributed by atoms with Gasteiger partial charge in [0.05, 0.1) is 0 Å². The lowest BCUT2D eigenvalue weighted by atomic mass is 9.98. The summed E-state index contributed by atoms with van der Waals surface area (Å²) in [5.41, 5.74) is 11.4. The second-order valence-corrected chi connectivity index (χ2v) is 5.80. The minimum atomic E-state index is 1.14. The first kappa shape index (κ1) is 12.1. The van der Waals surface area contributed by atoms with Crippen LogP contribution < -0.4 is 0 Å². The van der Waals surface area contributed by atoms with Crippen LogP contribution in [0.4, 0.5) is 0 Å². The van der Waals surface area contributed by atoms with E-state index in [0.29, 0.717) is 0 Å². The highest BCUT2D eigenvalue weighted by Crippen LogP contribution is 2.44. The van der Waals surface area contributed by atoms with Crippen LogP contribution in [0.1, 0.15) is 25.0 Å². The molecule has 92 valence electrons. The number of hydrogen-bond acceptors (Lipinski definition) is 1. The maximum absolute atomic E-state index is 3.35. The molecule has 0 unspecified atom stereocenters. The fourth-order valence-corrected chi connectivity index (χ4v) is 3.20. The van der Waals surface area contributed by atoms with Crippen LogP contribution in [0.25, 0.3) is 5.57 Å². The van der Waals surface area contributed by atoms with Crippen LogP contribution in [0.3, 0.4) is 0 Å². The Morgan fingerprint density at radius 1 is 0.842 bits per heavy atom. The predicted octanol–water partition coefficient (Wildman–Crippen LogP) is 5.30. The van der Waals surface area contributed by atoms with Gasteiger partial charge in [0.15, 0.2) is 0 Å². The minimum absolute atomic E-state index is 1.14. The fraction of sp³-hybridized carbons (Fsp3) is 0.111. The summed E-state index contributed by atoms with van der Waals surface area (Å²) >= 11 is 1.83. The average molecular weight is 262 g/mol. The van der Waals surface area contributed by atoms with Crippen molar-refractivity contribution in [1.29, 1.82) is 0 Å². The van der Waals surface area contributed by atoms with Crippen molar-refractivity contribution in [2.24, 2.45) is 0 Å². The lowest BCUT2D eigenvalue weighted by molar-refractivity contribution is 1.29. The molecule has 1 heteroatoms. The first-order chi connectivity index (χ1) is 9.25. The second kappa shape index (κ2) is 4.99. The van der Waals surface area contributed by atoms with E-state index in [1.165, 1.54) is 20.9 Å². The third-order valence-corrected chi connectivity index (χ3v) is 4.12. The highest BCUT2D eigenvalue weighted by atomic mass is 32.2. The molecule has 0 aromatic heterocycles. The van der Waals surface area contributed by atoms with Gasteiger partial charge < -0.3 is 0 Å². The highest BCUT2D eigenvalue weighted by molar-refractivity contribution is 7.99. The Morgan fingerprint density at radius 2 is 1.37 bits per heavy atom. The van der Waals surface area contributed by atoms with Crippen molar-refractivity contribution in [3.05, 3.63) is 76.7 Å². The monoisotopic (exact) mass is 262 g/mol. The van der Waals surface area contributed by atoms with Crippen molar-refractivity contribution in [3.63, 3.8) is 0 Å². The summed E-state index contributed by atoms with van der Waals surface area (Å²) in [4.78, 5) is 2.58. The molecular weight excluding hydrogens is 248 g/mol. The van der Waals surface area contributed by atoms with Crippen molar-refractivity contribution in [2.75, 3.05) is 0 Å². The molecule has 1 heterocycles. The SMILES string of the molecule is CC(C)=C=C=C1c2ccccc2Sc2ccccc21. The largest absolute Gasteiger partial charge is 0.0887 e. The molecule has 0 saturated heterocycles. The van der Waals surface area contributed by atoms with Crippen molar-refractivity contribution in [2.45, 2.75) is 23.6 Å². The zero-order valence-corrected chi connectivity index (χ0v) is 11.8. The van der Waals surface area contributed by atoms with Crippen molar-refractivity contribution < 1.29 is 0 Å². The molecule has 2 aromatic rings. The molecular formula is C18H14S. The molecule has 0 saturated carbocycles. The van der Waals surface area contributed by atoms with Crippen molar-refractivity contribution >= 4 is 17.3 Å². The first-order valence-corrected chi connectivity index (χ1v) is 7.13. The van der Waals surface area contributed by atoms with Crippen LogP contribution in [-0.2, 0) is 0 Å². The normalized spacial score (nSPS) is 12.0. The summed E-state index contributed by atoms with van der Waals surface area (Å²) < 4.78 is 0. The molecule has 3 rings (SSSR count). The smallest absolute Gasteiger partial charge is 0.0416 e. The van der Waals surface area contributed by atoms with Crippen LogP contribution in [0.2, 0.25) is 0 Å². The lowest BCUT2D eigenvalue weighted by Gasteiger charge is -2.19. The van der Waals surface area contributed by atoms with E-state index in [2.05, 4.69) is 60.0 Å². The zero-order chi connectivity index (χ0) is 13.2. The maximum Gasteiger partial charge on any atom is 0.0416 e. The van der Waals surface area contributed by atoms with Gasteiger partial charge in [0.2, 0.25) is 0 Å². The second-order valence-electron chi connectivity index (χ2n) is 4.72. The third-order valence-electron chi connectivity index (χ3n) is 2.97. The average Bonchev–Trinajstić information content (AvgIpc) is 2.43. The van der Waals surface area contributed by atoms with E-state index >= 15 is 0 Å². The fourth-order valence-electron chi connectivity index (χ4n) is 2.11. The molecule has 1 aliphatic heterocycles. The first-order valence-electron chi connectivity index (χ1n) is 6.31. The maximum atomic E-state index is 3.35. The molecule has 0 amide bonds. The number of rotatable bonds is 0. The summed E-state index contributed by atoms with van der Waals surface area (Å²) in [7, 11) is 0. The zero-order valence-electron chi connectivity index (χ0n) is 11.0. The molecule has 0 radical (unpaired) electrons. The van der Waals surface area contributed by atoms with E-state index in [-0.39, 0.29) is 0 Å². The molecule has 0 aliphatic carbocycles. The Bertz CT molecular complexity index is 688. The molecule has 0 atom stereocenters. The molecule has 0 nitrogen and oxygen atoms in total. The van der Waals surface area contributed by atoms with Crippen molar-refractivity contribution in [1.82, 2.24) is 0 Å². The van der Waals surface area contributed by atoms with E-state index in [4.69, 9.17) is 0 Å². The van der Waals surface area contributed by atoms with Crippen molar-refractivity contribution in [3.8, 4) is 0 Å². The standard InChI is InChI=1S/C18H14S/c1-13(2)11-12-14-15-7-3-5-9-17(15)19-18-10-6-4-8-16(14)18/h3-10H,1-2H3. The van der Waals surface area contributed by atoms with Crippen LogP contribution in [0, 0.1) is 0 Å². The van der Waals surface area contributed by atoms with Gasteiger partial charge in [0.1, 0.15) is 0 Å². The van der Waals surface area contributed by atoms with E-state index < -0.39 is 0 Å². The Labute approximate surface area is 118 Å². The van der Waals surface area contributed by atoms with E-state index in [1.54, 1.807) is 0 Å². The summed E-state index contributed by atoms with van der Waals surface area (Å²) in [5.74, 6) is 0. The quantitative estimate of drug-likeness (QED) is 0.495. The van der Waals surface area contributed by atoms with Gasteiger partial charge >= 0.3 is 0 Å². The molecule has 19 heavy (non-hydrogen) atoms. The predicted molar refractivity (Wildman–Crippen MR) is 81.4 cm³/mol. The Hall–Kier alpha value is -1.91. The van der Waals surface area contributed by atoms with Gasteiger partial charge in [-0.3, -0.25) is 0 Å². The van der Waals surface area contributed by atoms with E-state index in [9.17, 15) is 0 Å². The number of benzene rings is 2. The van der Waals surface area contributed by atoms with Gasteiger partial charge in [-0.15, -0.1) is 0 Å². The molecule has 0 N–H and O–H groups in total. The molecule has 1 aliphatic rings. The molecule has 2 aromatic carbocycles. The summed E-state index contributed by atoms with van der Waals surface area (Å²) in [6.07, 6.45) is 0. The molecule has 0 spiro atoms. The van der Waals surface area contributed by atoms with Gasteiger partial charge in [-0.1, -0.05) is 59.6 Å². The topological polar surface area (TPSA) is 0 Å². The number of fused-ring (bicyclic) bond motifs is 2.